The molecular weight excluding hydrogens is 394 g/mol. The molecule has 0 saturated carbocycles. The van der Waals surface area contributed by atoms with Crippen LogP contribution in [0.25, 0.3) is 11.1 Å². The van der Waals surface area contributed by atoms with E-state index in [1.807, 2.05) is 91.9 Å². The van der Waals surface area contributed by atoms with Gasteiger partial charge in [0.15, 0.2) is 0 Å². The minimum Gasteiger partial charge on any atom is -0.325 e. The van der Waals surface area contributed by atoms with E-state index < -0.39 is 0 Å². The molecule has 0 aliphatic carbocycles. The molecule has 0 bridgehead atoms. The van der Waals surface area contributed by atoms with Gasteiger partial charge in [-0.05, 0) is 34.5 Å². The standard InChI is InChI=1S/C23H21N5OS/c1-17(30-23-25-26-27-28(23)16-18-10-4-2-5-11-18)22(29)24-21-15-9-8-14-20(21)19-12-6-3-7-13-19/h2-15,17H,16H2,1H3,(H,24,29)/t17-/m1/s1. The van der Waals surface area contributed by atoms with Crippen LogP contribution in [-0.4, -0.2) is 31.4 Å². The average molecular weight is 416 g/mol. The molecular formula is C23H21N5OS. The van der Waals surface area contributed by atoms with E-state index in [4.69, 9.17) is 0 Å². The number of para-hydroxylation sites is 1. The van der Waals surface area contributed by atoms with Crippen LogP contribution in [0.5, 0.6) is 0 Å². The normalized spacial score (nSPS) is 11.8. The average Bonchev–Trinajstić information content (AvgIpc) is 3.21. The largest absolute Gasteiger partial charge is 0.325 e. The van der Waals surface area contributed by atoms with E-state index in [1.165, 1.54) is 11.8 Å². The molecule has 1 N–H and O–H groups in total. The van der Waals surface area contributed by atoms with Crippen molar-refractivity contribution >= 4 is 23.4 Å². The summed E-state index contributed by atoms with van der Waals surface area (Å²) in [7, 11) is 0. The number of aromatic nitrogens is 4. The number of nitrogens with zero attached hydrogens (tertiary/aromatic N) is 4. The Labute approximate surface area is 179 Å². The lowest BCUT2D eigenvalue weighted by Crippen LogP contribution is -2.23. The molecule has 0 saturated heterocycles. The van der Waals surface area contributed by atoms with Gasteiger partial charge in [0.1, 0.15) is 0 Å². The van der Waals surface area contributed by atoms with Crippen molar-refractivity contribution in [3.05, 3.63) is 90.5 Å². The van der Waals surface area contributed by atoms with Crippen molar-refractivity contribution in [3.63, 3.8) is 0 Å². The van der Waals surface area contributed by atoms with Crippen molar-refractivity contribution < 1.29 is 4.79 Å². The molecule has 0 unspecified atom stereocenters. The SMILES string of the molecule is C[C@@H](Sc1nnnn1Cc1ccccc1)C(=O)Nc1ccccc1-c1ccccc1. The van der Waals surface area contributed by atoms with E-state index >= 15 is 0 Å². The Kier molecular flexibility index (Phi) is 6.20. The Morgan fingerprint density at radius 2 is 1.63 bits per heavy atom. The summed E-state index contributed by atoms with van der Waals surface area (Å²) in [5, 5.41) is 15.2. The summed E-state index contributed by atoms with van der Waals surface area (Å²) in [4.78, 5) is 12.9. The molecule has 1 aromatic heterocycles. The quantitative estimate of drug-likeness (QED) is 0.450. The number of hydrogen-bond donors (Lipinski definition) is 1. The van der Waals surface area contributed by atoms with Gasteiger partial charge in [-0.3, -0.25) is 4.79 Å². The zero-order chi connectivity index (χ0) is 20.8. The number of anilines is 1. The van der Waals surface area contributed by atoms with Crippen molar-refractivity contribution in [2.75, 3.05) is 5.32 Å². The molecule has 0 radical (unpaired) electrons. The van der Waals surface area contributed by atoms with Crippen LogP contribution >= 0.6 is 11.8 Å². The van der Waals surface area contributed by atoms with Gasteiger partial charge in [-0.2, -0.15) is 0 Å². The molecule has 1 heterocycles. The maximum absolute atomic E-state index is 12.9. The Balaban J connectivity index is 1.46. The molecule has 30 heavy (non-hydrogen) atoms. The number of tetrazole rings is 1. The number of hydrogen-bond acceptors (Lipinski definition) is 5. The molecule has 0 aliphatic heterocycles. The monoisotopic (exact) mass is 415 g/mol. The third-order valence-corrected chi connectivity index (χ3v) is 5.67. The Morgan fingerprint density at radius 1 is 0.967 bits per heavy atom. The highest BCUT2D eigenvalue weighted by molar-refractivity contribution is 8.00. The van der Waals surface area contributed by atoms with Crippen molar-refractivity contribution in [1.29, 1.82) is 0 Å². The first-order chi connectivity index (χ1) is 14.7. The van der Waals surface area contributed by atoms with Gasteiger partial charge in [0.2, 0.25) is 11.1 Å². The maximum atomic E-state index is 12.9. The van der Waals surface area contributed by atoms with Gasteiger partial charge in [-0.1, -0.05) is 90.6 Å². The van der Waals surface area contributed by atoms with Gasteiger partial charge in [0, 0.05) is 11.3 Å². The zero-order valence-electron chi connectivity index (χ0n) is 16.5. The first kappa shape index (κ1) is 19.8. The van der Waals surface area contributed by atoms with Crippen molar-refractivity contribution in [2.24, 2.45) is 0 Å². The highest BCUT2D eigenvalue weighted by atomic mass is 32.2. The highest BCUT2D eigenvalue weighted by Gasteiger charge is 2.20. The van der Waals surface area contributed by atoms with Crippen LogP contribution in [0.15, 0.2) is 90.1 Å². The van der Waals surface area contributed by atoms with Gasteiger partial charge < -0.3 is 5.32 Å². The lowest BCUT2D eigenvalue weighted by molar-refractivity contribution is -0.115. The molecule has 0 spiro atoms. The molecule has 150 valence electrons. The second-order valence-electron chi connectivity index (χ2n) is 6.77. The third-order valence-electron chi connectivity index (χ3n) is 4.60. The summed E-state index contributed by atoms with van der Waals surface area (Å²) >= 11 is 1.34. The molecule has 4 rings (SSSR count). The highest BCUT2D eigenvalue weighted by Crippen LogP contribution is 2.29. The smallest absolute Gasteiger partial charge is 0.237 e. The molecule has 4 aromatic rings. The van der Waals surface area contributed by atoms with E-state index in [-0.39, 0.29) is 11.2 Å². The Hall–Kier alpha value is -3.45. The molecule has 0 fully saturated rings. The minimum atomic E-state index is -0.366. The summed E-state index contributed by atoms with van der Waals surface area (Å²) in [5.41, 5.74) is 3.92. The number of carbonyl (C=O) groups is 1. The van der Waals surface area contributed by atoms with E-state index in [0.717, 1.165) is 22.4 Å². The maximum Gasteiger partial charge on any atom is 0.237 e. The predicted octanol–water partition coefficient (Wildman–Crippen LogP) is 4.51. The lowest BCUT2D eigenvalue weighted by Gasteiger charge is -2.15. The zero-order valence-corrected chi connectivity index (χ0v) is 17.3. The van der Waals surface area contributed by atoms with Crippen LogP contribution in [-0.2, 0) is 11.3 Å². The van der Waals surface area contributed by atoms with Crippen molar-refractivity contribution in [2.45, 2.75) is 23.9 Å². The molecule has 1 atom stereocenters. The van der Waals surface area contributed by atoms with E-state index in [1.54, 1.807) is 4.68 Å². The van der Waals surface area contributed by atoms with Gasteiger partial charge >= 0.3 is 0 Å². The number of nitrogens with one attached hydrogen (secondary N) is 1. The second-order valence-corrected chi connectivity index (χ2v) is 8.07. The van der Waals surface area contributed by atoms with Gasteiger partial charge in [-0.25, -0.2) is 4.68 Å². The lowest BCUT2D eigenvalue weighted by atomic mass is 10.0. The summed E-state index contributed by atoms with van der Waals surface area (Å²) in [6.07, 6.45) is 0. The van der Waals surface area contributed by atoms with Crippen LogP contribution in [0.4, 0.5) is 5.69 Å². The number of thioether (sulfide) groups is 1. The fourth-order valence-corrected chi connectivity index (χ4v) is 3.83. The summed E-state index contributed by atoms with van der Waals surface area (Å²) in [6, 6.07) is 27.8. The fraction of sp³-hybridized carbons (Fsp3) is 0.130. The van der Waals surface area contributed by atoms with Crippen molar-refractivity contribution in [3.8, 4) is 11.1 Å². The van der Waals surface area contributed by atoms with Crippen LogP contribution in [0.1, 0.15) is 12.5 Å². The van der Waals surface area contributed by atoms with Crippen LogP contribution in [0.3, 0.4) is 0 Å². The van der Waals surface area contributed by atoms with Gasteiger partial charge in [0.05, 0.1) is 11.8 Å². The van der Waals surface area contributed by atoms with E-state index in [9.17, 15) is 4.79 Å². The minimum absolute atomic E-state index is 0.0994. The molecule has 0 aliphatic rings. The first-order valence-corrected chi connectivity index (χ1v) is 10.5. The first-order valence-electron chi connectivity index (χ1n) is 9.63. The Bertz CT molecular complexity index is 1110. The molecule has 3 aromatic carbocycles. The number of amides is 1. The number of benzene rings is 3. The topological polar surface area (TPSA) is 72.7 Å². The molecule has 6 nitrogen and oxygen atoms in total. The fourth-order valence-electron chi connectivity index (χ4n) is 3.04. The Morgan fingerprint density at radius 3 is 2.40 bits per heavy atom. The summed E-state index contributed by atoms with van der Waals surface area (Å²) in [5.74, 6) is -0.0994. The van der Waals surface area contributed by atoms with Crippen LogP contribution in [0, 0.1) is 0 Å². The molecule has 1 amide bonds. The van der Waals surface area contributed by atoms with Gasteiger partial charge in [0.25, 0.3) is 0 Å². The summed E-state index contributed by atoms with van der Waals surface area (Å²) < 4.78 is 1.71. The second kappa shape index (κ2) is 9.37. The van der Waals surface area contributed by atoms with E-state index in [2.05, 4.69) is 20.8 Å². The van der Waals surface area contributed by atoms with Crippen LogP contribution in [0.2, 0.25) is 0 Å². The van der Waals surface area contributed by atoms with Crippen LogP contribution < -0.4 is 5.32 Å². The predicted molar refractivity (Wildman–Crippen MR) is 119 cm³/mol. The van der Waals surface area contributed by atoms with E-state index in [0.29, 0.717) is 11.7 Å². The van der Waals surface area contributed by atoms with Crippen molar-refractivity contribution in [1.82, 2.24) is 20.2 Å². The summed E-state index contributed by atoms with van der Waals surface area (Å²) in [6.45, 7) is 2.41. The third kappa shape index (κ3) is 4.75. The molecule has 7 heteroatoms. The number of rotatable bonds is 7. The van der Waals surface area contributed by atoms with Gasteiger partial charge in [-0.15, -0.1) is 5.10 Å². The number of carbonyl (C=O) groups excluding carboxylic acids is 1.